The van der Waals surface area contributed by atoms with E-state index in [1.165, 1.54) is 32.1 Å². The van der Waals surface area contributed by atoms with Crippen molar-refractivity contribution < 1.29 is 19.1 Å². The van der Waals surface area contributed by atoms with Crippen LogP contribution in [0.1, 0.15) is 77.2 Å². The highest BCUT2D eigenvalue weighted by Crippen LogP contribution is 2.16. The Kier molecular flexibility index (Phi) is 10.3. The number of hydrogen-bond acceptors (Lipinski definition) is 4. The molecule has 0 spiro atoms. The molecule has 0 saturated heterocycles. The average molecular weight is 399 g/mol. The quantitative estimate of drug-likeness (QED) is 0.291. The van der Waals surface area contributed by atoms with Crippen molar-refractivity contribution in [3.8, 4) is 0 Å². The van der Waals surface area contributed by atoms with Crippen LogP contribution in [-0.2, 0) is 25.7 Å². The number of ether oxygens (including phenoxy) is 2. The van der Waals surface area contributed by atoms with Crippen LogP contribution < -0.4 is 0 Å². The number of rotatable bonds is 13. The third kappa shape index (κ3) is 9.12. The Hall–Kier alpha value is -2.36. The maximum Gasteiger partial charge on any atom is 0.306 e. The molecule has 2 aromatic rings. The number of carbonyl (C=O) groups is 2. The molecule has 0 fully saturated rings. The smallest absolute Gasteiger partial charge is 0.306 e. The van der Waals surface area contributed by atoms with Gasteiger partial charge < -0.3 is 9.47 Å². The summed E-state index contributed by atoms with van der Waals surface area (Å²) < 4.78 is 10.7. The van der Waals surface area contributed by atoms with Gasteiger partial charge in [0.1, 0.15) is 6.61 Å². The molecule has 0 radical (unpaired) electrons. The van der Waals surface area contributed by atoms with Crippen LogP contribution in [0.3, 0.4) is 0 Å². The largest absolute Gasteiger partial charge is 0.463 e. The second-order valence-corrected chi connectivity index (χ2v) is 7.70. The zero-order valence-corrected chi connectivity index (χ0v) is 17.8. The third-order valence-electron chi connectivity index (χ3n) is 5.04. The van der Waals surface area contributed by atoms with Crippen molar-refractivity contribution in [2.45, 2.75) is 84.3 Å². The van der Waals surface area contributed by atoms with Crippen LogP contribution in [0.4, 0.5) is 0 Å². The normalized spacial score (nSPS) is 11.9. The lowest BCUT2D eigenvalue weighted by Gasteiger charge is -2.13. The minimum Gasteiger partial charge on any atom is -0.463 e. The molecule has 0 bridgehead atoms. The van der Waals surface area contributed by atoms with Gasteiger partial charge in [-0.05, 0) is 42.2 Å². The molecule has 29 heavy (non-hydrogen) atoms. The van der Waals surface area contributed by atoms with E-state index in [2.05, 4.69) is 6.92 Å². The lowest BCUT2D eigenvalue weighted by molar-refractivity contribution is -0.153. The average Bonchev–Trinajstić information content (AvgIpc) is 2.73. The van der Waals surface area contributed by atoms with Crippen LogP contribution in [-0.4, -0.2) is 18.0 Å². The Morgan fingerprint density at radius 3 is 2.34 bits per heavy atom. The zero-order chi connectivity index (χ0) is 20.9. The maximum absolute atomic E-state index is 11.9. The zero-order valence-electron chi connectivity index (χ0n) is 17.8. The highest BCUT2D eigenvalue weighted by atomic mass is 16.5. The van der Waals surface area contributed by atoms with Gasteiger partial charge in [0.15, 0.2) is 0 Å². The van der Waals surface area contributed by atoms with E-state index in [0.717, 1.165) is 29.2 Å². The summed E-state index contributed by atoms with van der Waals surface area (Å²) in [5.41, 5.74) is 0.937. The van der Waals surface area contributed by atoms with E-state index in [9.17, 15) is 9.59 Å². The molecule has 4 nitrogen and oxygen atoms in total. The van der Waals surface area contributed by atoms with Crippen molar-refractivity contribution in [2.75, 3.05) is 0 Å². The van der Waals surface area contributed by atoms with E-state index in [-0.39, 0.29) is 37.5 Å². The molecule has 2 aromatic carbocycles. The fraction of sp³-hybridized carbons (Fsp3) is 0.520. The second kappa shape index (κ2) is 13.0. The van der Waals surface area contributed by atoms with E-state index < -0.39 is 0 Å². The van der Waals surface area contributed by atoms with Gasteiger partial charge in [-0.3, -0.25) is 9.59 Å². The summed E-state index contributed by atoms with van der Waals surface area (Å²) in [6, 6.07) is 14.0. The Labute approximate surface area is 174 Å². The molecule has 0 heterocycles. The first-order chi connectivity index (χ1) is 14.1. The predicted octanol–water partition coefficient (Wildman–Crippen LogP) is 6.35. The van der Waals surface area contributed by atoms with Crippen molar-refractivity contribution in [3.05, 3.63) is 48.0 Å². The number of benzene rings is 2. The SMILES string of the molecule is CCCCCCCCC(C)OC(=O)CCC(=O)OCc1ccc2ccccc2c1. The summed E-state index contributed by atoms with van der Waals surface area (Å²) in [7, 11) is 0. The lowest BCUT2D eigenvalue weighted by atomic mass is 10.1. The van der Waals surface area contributed by atoms with Crippen LogP contribution in [0.25, 0.3) is 10.8 Å². The Balaban J connectivity index is 1.59. The Morgan fingerprint density at radius 1 is 0.862 bits per heavy atom. The molecule has 1 atom stereocenters. The van der Waals surface area contributed by atoms with Gasteiger partial charge in [0.05, 0.1) is 18.9 Å². The summed E-state index contributed by atoms with van der Waals surface area (Å²) in [5, 5.41) is 2.27. The van der Waals surface area contributed by atoms with Crippen LogP contribution in [0.15, 0.2) is 42.5 Å². The van der Waals surface area contributed by atoms with E-state index >= 15 is 0 Å². The van der Waals surface area contributed by atoms with Gasteiger partial charge in [-0.15, -0.1) is 0 Å². The summed E-state index contributed by atoms with van der Waals surface area (Å²) in [4.78, 5) is 23.9. The van der Waals surface area contributed by atoms with Crippen molar-refractivity contribution in [2.24, 2.45) is 0 Å². The van der Waals surface area contributed by atoms with Crippen LogP contribution >= 0.6 is 0 Å². The molecule has 0 saturated carbocycles. The molecular formula is C25H34O4. The van der Waals surface area contributed by atoms with Crippen LogP contribution in [0, 0.1) is 0 Å². The number of hydrogen-bond donors (Lipinski definition) is 0. The topological polar surface area (TPSA) is 52.6 Å². The van der Waals surface area contributed by atoms with Gasteiger partial charge >= 0.3 is 11.9 Å². The van der Waals surface area contributed by atoms with Gasteiger partial charge in [0.25, 0.3) is 0 Å². The van der Waals surface area contributed by atoms with Gasteiger partial charge in [0, 0.05) is 0 Å². The first kappa shape index (κ1) is 22.9. The summed E-state index contributed by atoms with van der Waals surface area (Å²) >= 11 is 0. The van der Waals surface area contributed by atoms with E-state index in [1.807, 2.05) is 49.4 Å². The summed E-state index contributed by atoms with van der Waals surface area (Å²) in [6.45, 7) is 4.34. The monoisotopic (exact) mass is 398 g/mol. The van der Waals surface area contributed by atoms with Gasteiger partial charge in [-0.25, -0.2) is 0 Å². The van der Waals surface area contributed by atoms with Crippen molar-refractivity contribution >= 4 is 22.7 Å². The van der Waals surface area contributed by atoms with Crippen LogP contribution in [0.2, 0.25) is 0 Å². The number of esters is 2. The highest BCUT2D eigenvalue weighted by molar-refractivity contribution is 5.83. The summed E-state index contributed by atoms with van der Waals surface area (Å²) in [6.07, 6.45) is 8.23. The first-order valence-corrected chi connectivity index (χ1v) is 10.9. The van der Waals surface area contributed by atoms with E-state index in [1.54, 1.807) is 0 Å². The van der Waals surface area contributed by atoms with Crippen molar-refractivity contribution in [3.63, 3.8) is 0 Å². The molecule has 4 heteroatoms. The van der Waals surface area contributed by atoms with Crippen molar-refractivity contribution in [1.82, 2.24) is 0 Å². The maximum atomic E-state index is 11.9. The second-order valence-electron chi connectivity index (χ2n) is 7.70. The molecule has 0 aliphatic heterocycles. The highest BCUT2D eigenvalue weighted by Gasteiger charge is 2.13. The number of carbonyl (C=O) groups excluding carboxylic acids is 2. The number of fused-ring (bicyclic) bond motifs is 1. The fourth-order valence-corrected chi connectivity index (χ4v) is 3.32. The Bertz CT molecular complexity index is 768. The minimum absolute atomic E-state index is 0.0517. The fourth-order valence-electron chi connectivity index (χ4n) is 3.32. The van der Waals surface area contributed by atoms with Gasteiger partial charge in [-0.2, -0.15) is 0 Å². The summed E-state index contributed by atoms with van der Waals surface area (Å²) in [5.74, 6) is -0.704. The Morgan fingerprint density at radius 2 is 1.55 bits per heavy atom. The van der Waals surface area contributed by atoms with Crippen molar-refractivity contribution in [1.29, 1.82) is 0 Å². The third-order valence-corrected chi connectivity index (χ3v) is 5.04. The number of unbranched alkanes of at least 4 members (excludes halogenated alkanes) is 5. The molecule has 0 amide bonds. The van der Waals surface area contributed by atoms with Gasteiger partial charge in [0.2, 0.25) is 0 Å². The van der Waals surface area contributed by atoms with Gasteiger partial charge in [-0.1, -0.05) is 75.4 Å². The standard InChI is InChI=1S/C25H34O4/c1-3-4-5-6-7-8-11-20(2)29-25(27)17-16-24(26)28-19-21-14-15-22-12-9-10-13-23(22)18-21/h9-10,12-15,18,20H,3-8,11,16-17,19H2,1-2H3. The van der Waals surface area contributed by atoms with Crippen LogP contribution in [0.5, 0.6) is 0 Å². The van der Waals surface area contributed by atoms with E-state index in [4.69, 9.17) is 9.47 Å². The minimum atomic E-state index is -0.376. The van der Waals surface area contributed by atoms with E-state index in [0.29, 0.717) is 0 Å². The molecule has 0 aromatic heterocycles. The lowest BCUT2D eigenvalue weighted by Crippen LogP contribution is -2.16. The molecule has 158 valence electrons. The molecular weight excluding hydrogens is 364 g/mol. The molecule has 0 aliphatic carbocycles. The molecule has 0 aliphatic rings. The molecule has 1 unspecified atom stereocenters. The first-order valence-electron chi connectivity index (χ1n) is 10.9. The molecule has 2 rings (SSSR count). The predicted molar refractivity (Wildman–Crippen MR) is 117 cm³/mol. The molecule has 0 N–H and O–H groups in total.